The van der Waals surface area contributed by atoms with Crippen LogP contribution in [-0.2, 0) is 0 Å². The Kier molecular flexibility index (Phi) is 8.18. The predicted molar refractivity (Wildman–Crippen MR) is 135 cm³/mol. The number of rotatable bonds is 9. The molecule has 0 aromatic carbocycles. The van der Waals surface area contributed by atoms with Crippen molar-refractivity contribution in [1.29, 1.82) is 0 Å². The molecule has 39 heavy (non-hydrogen) atoms. The Morgan fingerprint density at radius 3 is 2.46 bits per heavy atom. The molecule has 0 spiro atoms. The lowest BCUT2D eigenvalue weighted by Crippen LogP contribution is -2.38. The third-order valence-corrected chi connectivity index (χ3v) is 7.77. The number of thiazole rings is 1. The number of carbonyl (C=O) groups excluding carboxylic acids is 2. The molecule has 0 unspecified atom stereocenters. The highest BCUT2D eigenvalue weighted by Crippen LogP contribution is 2.43. The van der Waals surface area contributed by atoms with Crippen LogP contribution in [0.15, 0.2) is 12.3 Å². The van der Waals surface area contributed by atoms with Gasteiger partial charge in [-0.25, -0.2) is 18.7 Å². The molecule has 2 aliphatic rings. The molecule has 0 radical (unpaired) electrons. The third-order valence-electron chi connectivity index (χ3n) is 6.68. The molecule has 3 heterocycles. The van der Waals surface area contributed by atoms with Crippen molar-refractivity contribution in [2.75, 3.05) is 18.4 Å². The van der Waals surface area contributed by atoms with Crippen LogP contribution in [0, 0.1) is 5.92 Å². The molecule has 2 fully saturated rings. The lowest BCUT2D eigenvalue weighted by molar-refractivity contribution is -0.146. The first-order valence-electron chi connectivity index (χ1n) is 12.6. The standard InChI is InChI=1S/C25H30F5N5O3S/c1-12-5-4-8-35(12)23(37)17-18(39-22(34-17)21(36)32-11-24(2,3)38)15-10-31-16(9-14(15)20(26)27)33-19(13-6-7-13)25(28,29)30/h9-10,12-13,19-20,38H,4-8,11H2,1-3H3,(H,31,33)(H,32,36)/t12-,19-/m0/s1. The molecule has 0 bridgehead atoms. The molecular weight excluding hydrogens is 545 g/mol. The van der Waals surface area contributed by atoms with Crippen molar-refractivity contribution in [2.45, 2.75) is 76.7 Å². The summed E-state index contributed by atoms with van der Waals surface area (Å²) in [6.45, 7) is 5.11. The van der Waals surface area contributed by atoms with Gasteiger partial charge in [-0.3, -0.25) is 9.59 Å². The highest BCUT2D eigenvalue weighted by atomic mass is 32.1. The average Bonchev–Trinajstić information content (AvgIpc) is 3.42. The number of amides is 2. The van der Waals surface area contributed by atoms with Crippen LogP contribution >= 0.6 is 11.3 Å². The molecule has 2 atom stereocenters. The second-order valence-electron chi connectivity index (χ2n) is 10.6. The quantitative estimate of drug-likeness (QED) is 0.363. The maximum absolute atomic E-state index is 14.3. The Morgan fingerprint density at radius 1 is 1.23 bits per heavy atom. The van der Waals surface area contributed by atoms with Gasteiger partial charge >= 0.3 is 6.18 Å². The second-order valence-corrected chi connectivity index (χ2v) is 11.6. The minimum absolute atomic E-state index is 0.0311. The molecule has 14 heteroatoms. The number of hydrogen-bond donors (Lipinski definition) is 3. The third kappa shape index (κ3) is 6.83. The molecular formula is C25H30F5N5O3S. The molecule has 4 rings (SSSR count). The smallest absolute Gasteiger partial charge is 0.389 e. The molecule has 1 saturated carbocycles. The number of halogens is 5. The van der Waals surface area contributed by atoms with E-state index in [4.69, 9.17) is 0 Å². The van der Waals surface area contributed by atoms with E-state index in [0.717, 1.165) is 25.1 Å². The molecule has 2 aromatic heterocycles. The Balaban J connectivity index is 1.74. The van der Waals surface area contributed by atoms with Crippen molar-refractivity contribution in [3.63, 3.8) is 0 Å². The fraction of sp³-hybridized carbons (Fsp3) is 0.600. The van der Waals surface area contributed by atoms with E-state index in [-0.39, 0.29) is 39.5 Å². The number of anilines is 1. The SMILES string of the molecule is C[C@H]1CCCN1C(=O)c1nc(C(=O)NCC(C)(C)O)sc1-c1cnc(N[C@@H](C2CC2)C(F)(F)F)cc1C(F)F. The van der Waals surface area contributed by atoms with Crippen molar-refractivity contribution in [1.82, 2.24) is 20.2 Å². The molecule has 2 amide bonds. The molecule has 1 aliphatic heterocycles. The van der Waals surface area contributed by atoms with Gasteiger partial charge in [0.15, 0.2) is 5.01 Å². The van der Waals surface area contributed by atoms with Crippen LogP contribution in [0.1, 0.15) is 78.7 Å². The topological polar surface area (TPSA) is 107 Å². The Hall–Kier alpha value is -2.87. The fourth-order valence-electron chi connectivity index (χ4n) is 4.46. The largest absolute Gasteiger partial charge is 0.408 e. The maximum Gasteiger partial charge on any atom is 0.408 e. The summed E-state index contributed by atoms with van der Waals surface area (Å²) in [6.07, 6.45) is -4.47. The zero-order chi connectivity index (χ0) is 28.7. The van der Waals surface area contributed by atoms with E-state index in [1.165, 1.54) is 13.8 Å². The number of hydrogen-bond acceptors (Lipinski definition) is 7. The lowest BCUT2D eigenvalue weighted by Gasteiger charge is -2.23. The van der Waals surface area contributed by atoms with Crippen LogP contribution in [0.5, 0.6) is 0 Å². The van der Waals surface area contributed by atoms with Gasteiger partial charge in [-0.2, -0.15) is 13.2 Å². The van der Waals surface area contributed by atoms with Crippen molar-refractivity contribution in [3.05, 3.63) is 28.5 Å². The van der Waals surface area contributed by atoms with Crippen molar-refractivity contribution >= 4 is 29.0 Å². The lowest BCUT2D eigenvalue weighted by atomic mass is 10.1. The van der Waals surface area contributed by atoms with Crippen molar-refractivity contribution in [2.24, 2.45) is 5.92 Å². The zero-order valence-electron chi connectivity index (χ0n) is 21.6. The molecule has 1 saturated heterocycles. The van der Waals surface area contributed by atoms with Gasteiger partial charge in [-0.15, -0.1) is 11.3 Å². The summed E-state index contributed by atoms with van der Waals surface area (Å²) in [5.41, 5.74) is -2.28. The Labute approximate surface area is 226 Å². The van der Waals surface area contributed by atoms with Gasteiger partial charge in [0, 0.05) is 36.5 Å². The normalized spacial score (nSPS) is 18.9. The van der Waals surface area contributed by atoms with Gasteiger partial charge in [-0.1, -0.05) is 0 Å². The number of alkyl halides is 5. The van der Waals surface area contributed by atoms with Gasteiger partial charge < -0.3 is 20.6 Å². The van der Waals surface area contributed by atoms with Crippen LogP contribution in [0.3, 0.4) is 0 Å². The van der Waals surface area contributed by atoms with E-state index in [2.05, 4.69) is 20.6 Å². The van der Waals surface area contributed by atoms with E-state index in [0.29, 0.717) is 30.7 Å². The summed E-state index contributed by atoms with van der Waals surface area (Å²) in [5, 5.41) is 14.5. The van der Waals surface area contributed by atoms with Crippen LogP contribution in [0.4, 0.5) is 27.8 Å². The van der Waals surface area contributed by atoms with Crippen LogP contribution in [0.25, 0.3) is 10.4 Å². The summed E-state index contributed by atoms with van der Waals surface area (Å²) in [7, 11) is 0. The highest BCUT2D eigenvalue weighted by Gasteiger charge is 2.49. The van der Waals surface area contributed by atoms with E-state index in [1.54, 1.807) is 4.90 Å². The molecule has 1 aliphatic carbocycles. The van der Waals surface area contributed by atoms with E-state index in [1.807, 2.05) is 6.92 Å². The summed E-state index contributed by atoms with van der Waals surface area (Å²) >= 11 is 0.704. The number of carbonyl (C=O) groups is 2. The fourth-order valence-corrected chi connectivity index (χ4v) is 5.47. The number of nitrogens with zero attached hydrogens (tertiary/aromatic N) is 3. The number of aromatic nitrogens is 2. The Bertz CT molecular complexity index is 1230. The molecule has 8 nitrogen and oxygen atoms in total. The minimum Gasteiger partial charge on any atom is -0.389 e. The molecule has 214 valence electrons. The first-order valence-corrected chi connectivity index (χ1v) is 13.4. The number of likely N-dealkylation sites (tertiary alicyclic amines) is 1. The van der Waals surface area contributed by atoms with Gasteiger partial charge in [0.2, 0.25) is 0 Å². The molecule has 2 aromatic rings. The monoisotopic (exact) mass is 575 g/mol. The van der Waals surface area contributed by atoms with E-state index < -0.39 is 47.5 Å². The summed E-state index contributed by atoms with van der Waals surface area (Å²) < 4.78 is 69.0. The average molecular weight is 576 g/mol. The van der Waals surface area contributed by atoms with Crippen molar-refractivity contribution in [3.8, 4) is 10.4 Å². The van der Waals surface area contributed by atoms with Crippen LogP contribution in [-0.4, -0.2) is 68.7 Å². The van der Waals surface area contributed by atoms with E-state index in [9.17, 15) is 36.6 Å². The van der Waals surface area contributed by atoms with Gasteiger partial charge in [0.25, 0.3) is 18.2 Å². The van der Waals surface area contributed by atoms with Gasteiger partial charge in [-0.05, 0) is 58.4 Å². The summed E-state index contributed by atoms with van der Waals surface area (Å²) in [6, 6.07) is -1.19. The van der Waals surface area contributed by atoms with Gasteiger partial charge in [0.1, 0.15) is 17.6 Å². The van der Waals surface area contributed by atoms with Gasteiger partial charge in [0.05, 0.1) is 10.5 Å². The number of nitrogens with one attached hydrogen (secondary N) is 2. The maximum atomic E-state index is 14.3. The van der Waals surface area contributed by atoms with Crippen molar-refractivity contribution < 1.29 is 36.6 Å². The summed E-state index contributed by atoms with van der Waals surface area (Å²) in [4.78, 5) is 35.9. The predicted octanol–water partition coefficient (Wildman–Crippen LogP) is 5.02. The van der Waals surface area contributed by atoms with Crippen LogP contribution in [0.2, 0.25) is 0 Å². The Morgan fingerprint density at radius 2 is 1.92 bits per heavy atom. The zero-order valence-corrected chi connectivity index (χ0v) is 22.4. The first kappa shape index (κ1) is 29.1. The summed E-state index contributed by atoms with van der Waals surface area (Å²) in [5.74, 6) is -2.27. The first-order chi connectivity index (χ1) is 18.2. The minimum atomic E-state index is -4.58. The number of pyridine rings is 1. The van der Waals surface area contributed by atoms with Crippen LogP contribution < -0.4 is 10.6 Å². The van der Waals surface area contributed by atoms with E-state index >= 15 is 0 Å². The number of aliphatic hydroxyl groups is 1. The highest BCUT2D eigenvalue weighted by molar-refractivity contribution is 7.17. The molecule has 3 N–H and O–H groups in total. The second kappa shape index (κ2) is 11.0.